The quantitative estimate of drug-likeness (QED) is 0.177. The van der Waals surface area contributed by atoms with Gasteiger partial charge in [0.1, 0.15) is 0 Å². The lowest BCUT2D eigenvalue weighted by Gasteiger charge is -2.17. The summed E-state index contributed by atoms with van der Waals surface area (Å²) in [6, 6.07) is 65.3. The molecule has 252 valence electrons. The Morgan fingerprint density at radius 2 is 0.778 bits per heavy atom. The van der Waals surface area contributed by atoms with E-state index in [1.165, 1.54) is 56.9 Å². The van der Waals surface area contributed by atoms with Crippen LogP contribution >= 0.6 is 22.7 Å². The zero-order valence-corrected chi connectivity index (χ0v) is 30.7. The van der Waals surface area contributed by atoms with Crippen molar-refractivity contribution in [2.24, 2.45) is 0 Å². The summed E-state index contributed by atoms with van der Waals surface area (Å²) in [5, 5.41) is 7.36. The van der Waals surface area contributed by atoms with Crippen LogP contribution in [-0.4, -0.2) is 9.97 Å². The van der Waals surface area contributed by atoms with Gasteiger partial charge in [0.2, 0.25) is 0 Å². The van der Waals surface area contributed by atoms with Crippen LogP contribution in [0.1, 0.15) is 0 Å². The van der Waals surface area contributed by atoms with Crippen molar-refractivity contribution in [1.29, 1.82) is 0 Å². The molecule has 2 nitrogen and oxygen atoms in total. The fourth-order valence-electron chi connectivity index (χ4n) is 8.06. The van der Waals surface area contributed by atoms with Gasteiger partial charge in [-0.25, -0.2) is 9.97 Å². The minimum atomic E-state index is 0.716. The number of fused-ring (bicyclic) bond motifs is 7. The summed E-state index contributed by atoms with van der Waals surface area (Å²) < 4.78 is 5.03. The van der Waals surface area contributed by atoms with Gasteiger partial charge in [0.05, 0.1) is 11.4 Å². The van der Waals surface area contributed by atoms with Crippen molar-refractivity contribution in [2.75, 3.05) is 0 Å². The van der Waals surface area contributed by atoms with Crippen LogP contribution in [0.3, 0.4) is 0 Å². The van der Waals surface area contributed by atoms with E-state index < -0.39 is 0 Å². The first kappa shape index (κ1) is 31.1. The maximum absolute atomic E-state index is 5.58. The largest absolute Gasteiger partial charge is 0.228 e. The lowest BCUT2D eigenvalue weighted by atomic mass is 9.90. The fourth-order valence-corrected chi connectivity index (χ4v) is 10.5. The average Bonchev–Trinajstić information content (AvgIpc) is 3.82. The summed E-state index contributed by atoms with van der Waals surface area (Å²) in [7, 11) is 0. The van der Waals surface area contributed by atoms with Crippen molar-refractivity contribution >= 4 is 73.8 Å². The van der Waals surface area contributed by atoms with Gasteiger partial charge in [0, 0.05) is 57.0 Å². The molecule has 0 N–H and O–H groups in total. The second-order valence-corrected chi connectivity index (χ2v) is 15.7. The second-order valence-electron chi connectivity index (χ2n) is 13.6. The van der Waals surface area contributed by atoms with E-state index in [1.807, 2.05) is 22.7 Å². The minimum Gasteiger partial charge on any atom is -0.228 e. The van der Waals surface area contributed by atoms with Gasteiger partial charge in [-0.1, -0.05) is 164 Å². The van der Waals surface area contributed by atoms with Crippen molar-refractivity contribution in [1.82, 2.24) is 9.97 Å². The summed E-state index contributed by atoms with van der Waals surface area (Å²) in [6.07, 6.45) is 0. The Bertz CT molecular complexity index is 3080. The summed E-state index contributed by atoms with van der Waals surface area (Å²) in [4.78, 5) is 11.2. The molecule has 8 aromatic carbocycles. The molecule has 0 aliphatic heterocycles. The molecule has 0 saturated carbocycles. The van der Waals surface area contributed by atoms with Crippen LogP contribution in [0.5, 0.6) is 0 Å². The van der Waals surface area contributed by atoms with Crippen molar-refractivity contribution in [3.8, 4) is 56.2 Å². The Balaban J connectivity index is 1.25. The average molecular weight is 723 g/mol. The zero-order valence-electron chi connectivity index (χ0n) is 29.0. The molecule has 0 fully saturated rings. The van der Waals surface area contributed by atoms with Gasteiger partial charge in [0.15, 0.2) is 5.82 Å². The molecule has 0 aliphatic carbocycles. The molecule has 3 heterocycles. The number of thiophene rings is 2. The molecular formula is C50H30N2S2. The summed E-state index contributed by atoms with van der Waals surface area (Å²) >= 11 is 3.67. The first-order chi connectivity index (χ1) is 26.8. The number of rotatable bonds is 5. The molecule has 54 heavy (non-hydrogen) atoms. The molecule has 4 heteroatoms. The van der Waals surface area contributed by atoms with Gasteiger partial charge in [-0.15, -0.1) is 22.7 Å². The summed E-state index contributed by atoms with van der Waals surface area (Å²) in [5.41, 5.74) is 9.72. The van der Waals surface area contributed by atoms with Crippen molar-refractivity contribution in [3.05, 3.63) is 182 Å². The Morgan fingerprint density at radius 1 is 0.315 bits per heavy atom. The van der Waals surface area contributed by atoms with Gasteiger partial charge in [0.25, 0.3) is 0 Å². The minimum absolute atomic E-state index is 0.716. The highest BCUT2D eigenvalue weighted by molar-refractivity contribution is 7.26. The normalized spacial score (nSPS) is 11.7. The number of hydrogen-bond acceptors (Lipinski definition) is 4. The zero-order chi connectivity index (χ0) is 35.6. The molecule has 0 aliphatic rings. The molecule has 0 radical (unpaired) electrons. The van der Waals surface area contributed by atoms with E-state index in [9.17, 15) is 0 Å². The molecule has 3 aromatic heterocycles. The molecule has 0 bridgehead atoms. The van der Waals surface area contributed by atoms with Crippen LogP contribution in [0.2, 0.25) is 0 Å². The van der Waals surface area contributed by atoms with E-state index in [2.05, 4.69) is 182 Å². The van der Waals surface area contributed by atoms with Crippen LogP contribution in [0.15, 0.2) is 182 Å². The lowest BCUT2D eigenvalue weighted by Crippen LogP contribution is -1.99. The van der Waals surface area contributed by atoms with Gasteiger partial charge in [-0.3, -0.25) is 0 Å². The molecule has 0 atom stereocenters. The van der Waals surface area contributed by atoms with Crippen LogP contribution in [-0.2, 0) is 0 Å². The van der Waals surface area contributed by atoms with Gasteiger partial charge >= 0.3 is 0 Å². The Kier molecular flexibility index (Phi) is 7.25. The highest BCUT2D eigenvalue weighted by Crippen LogP contribution is 2.45. The van der Waals surface area contributed by atoms with E-state index in [0.29, 0.717) is 5.82 Å². The monoisotopic (exact) mass is 722 g/mol. The highest BCUT2D eigenvalue weighted by Gasteiger charge is 2.21. The highest BCUT2D eigenvalue weighted by atomic mass is 32.1. The van der Waals surface area contributed by atoms with Crippen LogP contribution in [0, 0.1) is 0 Å². The molecule has 0 unspecified atom stereocenters. The van der Waals surface area contributed by atoms with E-state index in [1.54, 1.807) is 0 Å². The standard InChI is InChI=1S/C50H30N2S2/c1-3-14-31(15-4-1)33-20-11-21-38-35(33)29-28-34(32-16-5-2-6-17-32)47(38)50-51-43(41-24-12-22-39-36-18-7-9-26-45(36)53-48(39)41)30-44(52-50)42-25-13-23-40-37-19-8-10-27-46(37)54-49(40)42/h1-30H. The maximum atomic E-state index is 5.58. The van der Waals surface area contributed by atoms with Crippen LogP contribution < -0.4 is 0 Å². The predicted molar refractivity (Wildman–Crippen MR) is 232 cm³/mol. The lowest BCUT2D eigenvalue weighted by molar-refractivity contribution is 1.19. The maximum Gasteiger partial charge on any atom is 0.161 e. The summed E-state index contributed by atoms with van der Waals surface area (Å²) in [6.45, 7) is 0. The first-order valence-corrected chi connectivity index (χ1v) is 19.8. The Morgan fingerprint density at radius 3 is 1.35 bits per heavy atom. The second kappa shape index (κ2) is 12.6. The first-order valence-electron chi connectivity index (χ1n) is 18.2. The molecule has 0 spiro atoms. The van der Waals surface area contributed by atoms with E-state index in [0.717, 1.165) is 44.6 Å². The molecular weight excluding hydrogens is 693 g/mol. The third-order valence-corrected chi connectivity index (χ3v) is 13.0. The number of hydrogen-bond donors (Lipinski definition) is 0. The van der Waals surface area contributed by atoms with Gasteiger partial charge < -0.3 is 0 Å². The van der Waals surface area contributed by atoms with E-state index >= 15 is 0 Å². The topological polar surface area (TPSA) is 25.8 Å². The molecule has 11 aromatic rings. The number of nitrogens with zero attached hydrogens (tertiary/aromatic N) is 2. The molecule has 0 saturated heterocycles. The van der Waals surface area contributed by atoms with E-state index in [-0.39, 0.29) is 0 Å². The number of aromatic nitrogens is 2. The fraction of sp³-hybridized carbons (Fsp3) is 0. The van der Waals surface area contributed by atoms with Gasteiger partial charge in [-0.2, -0.15) is 0 Å². The molecule has 0 amide bonds. The van der Waals surface area contributed by atoms with Gasteiger partial charge in [-0.05, 0) is 51.2 Å². The molecule has 11 rings (SSSR count). The third kappa shape index (κ3) is 4.99. The van der Waals surface area contributed by atoms with E-state index in [4.69, 9.17) is 9.97 Å². The Hall–Kier alpha value is -6.46. The predicted octanol–water partition coefficient (Wildman–Crippen LogP) is 14.7. The summed E-state index contributed by atoms with van der Waals surface area (Å²) in [5.74, 6) is 0.716. The number of benzene rings is 8. The van der Waals surface area contributed by atoms with Crippen molar-refractivity contribution in [3.63, 3.8) is 0 Å². The SMILES string of the molecule is c1ccc(-c2ccc3c(-c4ccccc4)cccc3c2-c2nc(-c3cccc4c3sc3ccccc34)cc(-c3cccc4c3sc3ccccc34)n2)cc1. The van der Waals surface area contributed by atoms with Crippen LogP contribution in [0.25, 0.3) is 107 Å². The smallest absolute Gasteiger partial charge is 0.161 e. The Labute approximate surface area is 320 Å². The van der Waals surface area contributed by atoms with Crippen molar-refractivity contribution in [2.45, 2.75) is 0 Å². The van der Waals surface area contributed by atoms with Crippen molar-refractivity contribution < 1.29 is 0 Å². The third-order valence-electron chi connectivity index (χ3n) is 10.5. The van der Waals surface area contributed by atoms with Crippen LogP contribution in [0.4, 0.5) is 0 Å².